The Labute approximate surface area is 142 Å². The van der Waals surface area contributed by atoms with Crippen LogP contribution in [0.4, 0.5) is 5.69 Å². The van der Waals surface area contributed by atoms with Gasteiger partial charge in [0.2, 0.25) is 0 Å². The second-order valence-electron chi connectivity index (χ2n) is 4.96. The number of aryl methyl sites for hydroxylation is 1. The maximum Gasteiger partial charge on any atom is 0.277 e. The molecule has 7 heteroatoms. The van der Waals surface area contributed by atoms with Gasteiger partial charge >= 0.3 is 0 Å². The molecule has 23 heavy (non-hydrogen) atoms. The Hall–Kier alpha value is -2.37. The largest absolute Gasteiger partial charge is 0.319 e. The van der Waals surface area contributed by atoms with Crippen LogP contribution in [0.3, 0.4) is 0 Å². The van der Waals surface area contributed by atoms with E-state index in [1.54, 1.807) is 24.4 Å². The van der Waals surface area contributed by atoms with Gasteiger partial charge in [0.25, 0.3) is 5.91 Å². The molecule has 5 nitrogen and oxygen atoms in total. The van der Waals surface area contributed by atoms with Crippen molar-refractivity contribution in [3.8, 4) is 5.69 Å². The average molecular weight is 347 g/mol. The van der Waals surface area contributed by atoms with Crippen molar-refractivity contribution in [1.29, 1.82) is 0 Å². The highest BCUT2D eigenvalue weighted by Crippen LogP contribution is 2.25. The number of amides is 1. The number of hydrogen-bond donors (Lipinski definition) is 1. The summed E-state index contributed by atoms with van der Waals surface area (Å²) in [5, 5.41) is 11.4. The Morgan fingerprint density at radius 3 is 2.57 bits per heavy atom. The molecular weight excluding hydrogens is 335 g/mol. The predicted molar refractivity (Wildman–Crippen MR) is 90.5 cm³/mol. The van der Waals surface area contributed by atoms with E-state index in [1.165, 1.54) is 4.68 Å². The molecule has 0 saturated heterocycles. The molecule has 0 spiro atoms. The smallest absolute Gasteiger partial charge is 0.277 e. The fraction of sp³-hybridized carbons (Fsp3) is 0.0625. The summed E-state index contributed by atoms with van der Waals surface area (Å²) in [5.74, 6) is -0.396. The van der Waals surface area contributed by atoms with Crippen LogP contribution in [-0.4, -0.2) is 20.9 Å². The maximum absolute atomic E-state index is 12.2. The summed E-state index contributed by atoms with van der Waals surface area (Å²) in [4.78, 5) is 12.2. The van der Waals surface area contributed by atoms with Crippen molar-refractivity contribution in [3.05, 3.63) is 70.0 Å². The highest BCUT2D eigenvalue weighted by atomic mass is 35.5. The number of carbonyl (C=O) groups excluding carboxylic acids is 1. The van der Waals surface area contributed by atoms with E-state index in [1.807, 2.05) is 31.2 Å². The van der Waals surface area contributed by atoms with Crippen LogP contribution in [0.25, 0.3) is 5.69 Å². The van der Waals surface area contributed by atoms with Gasteiger partial charge in [-0.3, -0.25) is 4.79 Å². The molecular formula is C16H12Cl2N4O. The summed E-state index contributed by atoms with van der Waals surface area (Å²) in [6, 6.07) is 12.6. The van der Waals surface area contributed by atoms with Crippen LogP contribution < -0.4 is 5.32 Å². The van der Waals surface area contributed by atoms with Crippen LogP contribution in [0.15, 0.2) is 48.7 Å². The van der Waals surface area contributed by atoms with Crippen molar-refractivity contribution in [2.75, 3.05) is 5.32 Å². The number of hydrogen-bond acceptors (Lipinski definition) is 3. The summed E-state index contributed by atoms with van der Waals surface area (Å²) in [6.45, 7) is 2.00. The molecule has 0 radical (unpaired) electrons. The van der Waals surface area contributed by atoms with Crippen molar-refractivity contribution in [2.24, 2.45) is 0 Å². The molecule has 3 aromatic rings. The molecule has 1 N–H and O–H groups in total. The number of aromatic nitrogens is 3. The SMILES string of the molecule is Cc1ccc(-n2cc(C(=O)Nc3ccc(Cl)cc3Cl)nn2)cc1. The van der Waals surface area contributed by atoms with Gasteiger partial charge in [-0.25, -0.2) is 4.68 Å². The number of rotatable bonds is 3. The fourth-order valence-electron chi connectivity index (χ4n) is 1.97. The van der Waals surface area contributed by atoms with E-state index >= 15 is 0 Å². The van der Waals surface area contributed by atoms with Gasteiger partial charge in [0.1, 0.15) is 0 Å². The average Bonchev–Trinajstić information content (AvgIpc) is 3.01. The Kier molecular flexibility index (Phi) is 4.32. The molecule has 0 aliphatic carbocycles. The monoisotopic (exact) mass is 346 g/mol. The van der Waals surface area contributed by atoms with E-state index in [0.717, 1.165) is 11.3 Å². The van der Waals surface area contributed by atoms with Crippen LogP contribution in [0.2, 0.25) is 10.0 Å². The third-order valence-corrected chi connectivity index (χ3v) is 3.75. The Morgan fingerprint density at radius 1 is 1.13 bits per heavy atom. The summed E-state index contributed by atoms with van der Waals surface area (Å²) in [7, 11) is 0. The first-order valence-electron chi connectivity index (χ1n) is 6.79. The number of nitrogens with one attached hydrogen (secondary N) is 1. The molecule has 0 bridgehead atoms. The number of nitrogens with zero attached hydrogens (tertiary/aromatic N) is 3. The molecule has 2 aromatic carbocycles. The molecule has 1 amide bonds. The van der Waals surface area contributed by atoms with E-state index < -0.39 is 5.91 Å². The first kappa shape index (κ1) is 15.5. The minimum atomic E-state index is -0.396. The number of anilines is 1. The van der Waals surface area contributed by atoms with Crippen molar-refractivity contribution >= 4 is 34.8 Å². The first-order valence-corrected chi connectivity index (χ1v) is 7.54. The van der Waals surface area contributed by atoms with Crippen LogP contribution >= 0.6 is 23.2 Å². The normalized spacial score (nSPS) is 10.6. The highest BCUT2D eigenvalue weighted by Gasteiger charge is 2.13. The lowest BCUT2D eigenvalue weighted by molar-refractivity contribution is 0.102. The lowest BCUT2D eigenvalue weighted by atomic mass is 10.2. The Balaban J connectivity index is 1.79. The van der Waals surface area contributed by atoms with Crippen molar-refractivity contribution in [1.82, 2.24) is 15.0 Å². The van der Waals surface area contributed by atoms with Crippen molar-refractivity contribution in [3.63, 3.8) is 0 Å². The second-order valence-corrected chi connectivity index (χ2v) is 5.81. The lowest BCUT2D eigenvalue weighted by Crippen LogP contribution is -2.12. The van der Waals surface area contributed by atoms with Gasteiger partial charge in [-0.15, -0.1) is 5.10 Å². The van der Waals surface area contributed by atoms with Crippen LogP contribution in [0.1, 0.15) is 16.1 Å². The zero-order valence-electron chi connectivity index (χ0n) is 12.1. The molecule has 0 aliphatic rings. The van der Waals surface area contributed by atoms with Gasteiger partial charge in [0.15, 0.2) is 5.69 Å². The van der Waals surface area contributed by atoms with Gasteiger partial charge in [-0.1, -0.05) is 46.1 Å². The zero-order chi connectivity index (χ0) is 16.4. The van der Waals surface area contributed by atoms with Crippen molar-refractivity contribution in [2.45, 2.75) is 6.92 Å². The second kappa shape index (κ2) is 6.40. The summed E-state index contributed by atoms with van der Waals surface area (Å²) >= 11 is 11.9. The molecule has 0 saturated carbocycles. The molecule has 0 atom stereocenters. The lowest BCUT2D eigenvalue weighted by Gasteiger charge is -2.05. The van der Waals surface area contributed by atoms with Crippen LogP contribution in [0, 0.1) is 6.92 Å². The van der Waals surface area contributed by atoms with Gasteiger partial charge in [-0.05, 0) is 37.3 Å². The molecule has 0 aliphatic heterocycles. The Bertz CT molecular complexity index is 859. The molecule has 3 rings (SSSR count). The number of halogens is 2. The van der Waals surface area contributed by atoms with Crippen LogP contribution in [-0.2, 0) is 0 Å². The first-order chi connectivity index (χ1) is 11.0. The quantitative estimate of drug-likeness (QED) is 0.775. The minimum Gasteiger partial charge on any atom is -0.319 e. The van der Waals surface area contributed by atoms with Crippen molar-refractivity contribution < 1.29 is 4.79 Å². The number of benzene rings is 2. The van der Waals surface area contributed by atoms with Gasteiger partial charge in [0.05, 0.1) is 22.6 Å². The fourth-order valence-corrected chi connectivity index (χ4v) is 2.42. The summed E-state index contributed by atoms with van der Waals surface area (Å²) < 4.78 is 1.54. The maximum atomic E-state index is 12.2. The zero-order valence-corrected chi connectivity index (χ0v) is 13.6. The minimum absolute atomic E-state index is 0.191. The highest BCUT2D eigenvalue weighted by molar-refractivity contribution is 6.36. The molecule has 1 aromatic heterocycles. The molecule has 116 valence electrons. The standard InChI is InChI=1S/C16H12Cl2N4O/c1-10-2-5-12(6-3-10)22-9-15(20-21-22)16(23)19-14-7-4-11(17)8-13(14)18/h2-9H,1H3,(H,19,23). The summed E-state index contributed by atoms with van der Waals surface area (Å²) in [6.07, 6.45) is 1.56. The van der Waals surface area contributed by atoms with E-state index in [4.69, 9.17) is 23.2 Å². The van der Waals surface area contributed by atoms with Crippen LogP contribution in [0.5, 0.6) is 0 Å². The van der Waals surface area contributed by atoms with E-state index in [-0.39, 0.29) is 5.69 Å². The van der Waals surface area contributed by atoms with E-state index in [9.17, 15) is 4.79 Å². The van der Waals surface area contributed by atoms with E-state index in [0.29, 0.717) is 15.7 Å². The topological polar surface area (TPSA) is 59.8 Å². The molecule has 0 fully saturated rings. The van der Waals surface area contributed by atoms with Gasteiger partial charge in [0, 0.05) is 5.02 Å². The van der Waals surface area contributed by atoms with E-state index in [2.05, 4.69) is 15.6 Å². The molecule has 0 unspecified atom stereocenters. The summed E-state index contributed by atoms with van der Waals surface area (Å²) in [5.41, 5.74) is 2.62. The number of carbonyl (C=O) groups is 1. The van der Waals surface area contributed by atoms with Gasteiger partial charge in [-0.2, -0.15) is 0 Å². The predicted octanol–water partition coefficient (Wildman–Crippen LogP) is 4.13. The molecule has 1 heterocycles. The van der Waals surface area contributed by atoms with Gasteiger partial charge < -0.3 is 5.32 Å². The third kappa shape index (κ3) is 3.52. The third-order valence-electron chi connectivity index (χ3n) is 3.20. The Morgan fingerprint density at radius 2 is 1.87 bits per heavy atom.